The molecule has 0 aromatic carbocycles. The van der Waals surface area contributed by atoms with Crippen LogP contribution in [0.2, 0.25) is 0 Å². The molecule has 0 bridgehead atoms. The molecule has 0 atom stereocenters. The molecule has 2 aliphatic heterocycles. The number of carboxylic acids is 2. The highest BCUT2D eigenvalue weighted by Gasteiger charge is 2.60. The predicted molar refractivity (Wildman–Crippen MR) is 170 cm³/mol. The minimum atomic E-state index is -1.14. The van der Waals surface area contributed by atoms with Gasteiger partial charge in [0.2, 0.25) is 11.8 Å². The van der Waals surface area contributed by atoms with Crippen LogP contribution in [-0.4, -0.2) is 55.7 Å². The second kappa shape index (κ2) is 13.7. The molecule has 0 aliphatic carbocycles. The summed E-state index contributed by atoms with van der Waals surface area (Å²) in [4.78, 5) is 55.6. The Morgan fingerprint density at radius 1 is 0.614 bits per heavy atom. The van der Waals surface area contributed by atoms with Crippen LogP contribution in [0.4, 0.5) is 0 Å². The van der Waals surface area contributed by atoms with Crippen molar-refractivity contribution < 1.29 is 29.4 Å². The number of rotatable bonds is 13. The maximum absolute atomic E-state index is 13.8. The number of hydrogen-bond donors (Lipinski definition) is 0. The Morgan fingerprint density at radius 3 is 1.23 bits per heavy atom. The van der Waals surface area contributed by atoms with E-state index in [-0.39, 0.29) is 41.9 Å². The maximum atomic E-state index is 13.8. The third-order valence-electron chi connectivity index (χ3n) is 10.6. The van der Waals surface area contributed by atoms with Gasteiger partial charge in [0.25, 0.3) is 0 Å². The molecule has 2 saturated heterocycles. The van der Waals surface area contributed by atoms with Gasteiger partial charge < -0.3 is 29.6 Å². The van der Waals surface area contributed by atoms with Crippen molar-refractivity contribution in [1.29, 1.82) is 0 Å². The van der Waals surface area contributed by atoms with Gasteiger partial charge in [-0.25, -0.2) is 0 Å². The van der Waals surface area contributed by atoms with Crippen molar-refractivity contribution in [3.05, 3.63) is 0 Å². The van der Waals surface area contributed by atoms with E-state index in [1.54, 1.807) is 0 Å². The van der Waals surface area contributed by atoms with Crippen LogP contribution >= 0.6 is 0 Å². The molecular formula is C36H62N2O6-2. The number of carboxylic acid groups (broad SMARTS) is 2. The lowest BCUT2D eigenvalue weighted by molar-refractivity contribution is -0.330. The van der Waals surface area contributed by atoms with Gasteiger partial charge in [-0.05, 0) is 112 Å². The van der Waals surface area contributed by atoms with Crippen molar-refractivity contribution in [2.45, 2.75) is 176 Å². The number of carbonyl (C=O) groups excluding carboxylic acids is 4. The van der Waals surface area contributed by atoms with Gasteiger partial charge in [-0.3, -0.25) is 9.59 Å². The number of aliphatic carboxylic acids is 2. The van der Waals surface area contributed by atoms with Crippen LogP contribution in [0.1, 0.15) is 154 Å². The highest BCUT2D eigenvalue weighted by molar-refractivity contribution is 5.81. The van der Waals surface area contributed by atoms with Crippen LogP contribution in [-0.2, 0) is 19.2 Å². The fourth-order valence-corrected chi connectivity index (χ4v) is 9.39. The van der Waals surface area contributed by atoms with Crippen molar-refractivity contribution in [2.24, 2.45) is 29.1 Å². The topological polar surface area (TPSA) is 121 Å². The first-order valence-electron chi connectivity index (χ1n) is 17.0. The fourth-order valence-electron chi connectivity index (χ4n) is 9.39. The van der Waals surface area contributed by atoms with Gasteiger partial charge in [-0.15, -0.1) is 0 Å². The van der Waals surface area contributed by atoms with E-state index < -0.39 is 39.5 Å². The second-order valence-corrected chi connectivity index (χ2v) is 17.1. The summed E-state index contributed by atoms with van der Waals surface area (Å²) in [5.74, 6) is -2.69. The molecule has 0 spiro atoms. The van der Waals surface area contributed by atoms with Gasteiger partial charge in [-0.2, -0.15) is 0 Å². The molecule has 0 aromatic rings. The van der Waals surface area contributed by atoms with Crippen LogP contribution in [0.3, 0.4) is 0 Å². The molecule has 2 fully saturated rings. The minimum absolute atomic E-state index is 0.0403. The summed E-state index contributed by atoms with van der Waals surface area (Å²) in [6.07, 6.45) is 6.36. The largest absolute Gasteiger partial charge is 0.550 e. The van der Waals surface area contributed by atoms with Gasteiger partial charge in [0.1, 0.15) is 0 Å². The monoisotopic (exact) mass is 618 g/mol. The lowest BCUT2D eigenvalue weighted by atomic mass is 9.52. The number of hydrogen-bond acceptors (Lipinski definition) is 6. The molecule has 0 unspecified atom stereocenters. The molecule has 8 nitrogen and oxygen atoms in total. The average molecular weight is 619 g/mol. The molecule has 2 aliphatic rings. The van der Waals surface area contributed by atoms with Gasteiger partial charge in [0.05, 0.1) is 0 Å². The van der Waals surface area contributed by atoms with E-state index in [0.29, 0.717) is 44.9 Å². The summed E-state index contributed by atoms with van der Waals surface area (Å²) in [5, 5.41) is 24.6. The van der Waals surface area contributed by atoms with Crippen molar-refractivity contribution in [3.8, 4) is 0 Å². The average Bonchev–Trinajstić information content (AvgIpc) is 2.81. The molecule has 8 heteroatoms. The Bertz CT molecular complexity index is 961. The first kappa shape index (κ1) is 38.1. The quantitative estimate of drug-likeness (QED) is 0.265. The maximum Gasteiger partial charge on any atom is 0.226 e. The highest BCUT2D eigenvalue weighted by atomic mass is 16.4. The molecule has 0 radical (unpaired) electrons. The van der Waals surface area contributed by atoms with E-state index in [1.807, 2.05) is 37.5 Å². The fraction of sp³-hybridized carbons (Fsp3) is 0.889. The minimum Gasteiger partial charge on any atom is -0.550 e. The SMILES string of the molecule is CC(C)C(=O)N1C(C)(C)CC(C(CCCCCCCC(=O)[O-])(C(=O)[O-])C2CC(C)(C)N(C(=O)C(C)C)C(C)(C)C2)CC1(C)C. The van der Waals surface area contributed by atoms with E-state index in [9.17, 15) is 29.4 Å². The number of piperidine rings is 2. The Kier molecular flexibility index (Phi) is 11.9. The zero-order valence-corrected chi connectivity index (χ0v) is 29.9. The predicted octanol–water partition coefficient (Wildman–Crippen LogP) is 5.11. The van der Waals surface area contributed by atoms with E-state index in [4.69, 9.17) is 0 Å². The Hall–Kier alpha value is -2.12. The van der Waals surface area contributed by atoms with Crippen LogP contribution in [0.5, 0.6) is 0 Å². The summed E-state index contributed by atoms with van der Waals surface area (Å²) < 4.78 is 0. The summed E-state index contributed by atoms with van der Waals surface area (Å²) >= 11 is 0. The molecule has 2 amide bonds. The molecule has 2 rings (SSSR count). The number of nitrogens with zero attached hydrogens (tertiary/aromatic N) is 2. The highest BCUT2D eigenvalue weighted by Crippen LogP contribution is 2.58. The summed E-state index contributed by atoms with van der Waals surface area (Å²) in [6.45, 7) is 24.2. The molecular weight excluding hydrogens is 556 g/mol. The molecule has 254 valence electrons. The molecule has 0 saturated carbocycles. The number of unbranched alkanes of at least 4 members (excludes halogenated alkanes) is 4. The zero-order chi connectivity index (χ0) is 34.1. The van der Waals surface area contributed by atoms with Gasteiger partial charge in [0.15, 0.2) is 0 Å². The summed E-state index contributed by atoms with van der Waals surface area (Å²) in [5.41, 5.74) is -3.37. The smallest absolute Gasteiger partial charge is 0.226 e. The Balaban J connectivity index is 2.59. The first-order chi connectivity index (χ1) is 19.9. The molecule has 0 aromatic heterocycles. The van der Waals surface area contributed by atoms with Crippen LogP contribution < -0.4 is 10.2 Å². The van der Waals surface area contributed by atoms with Gasteiger partial charge >= 0.3 is 0 Å². The second-order valence-electron chi connectivity index (χ2n) is 17.1. The van der Waals surface area contributed by atoms with E-state index in [2.05, 4.69) is 55.4 Å². The summed E-state index contributed by atoms with van der Waals surface area (Å²) in [7, 11) is 0. The van der Waals surface area contributed by atoms with E-state index >= 15 is 0 Å². The van der Waals surface area contributed by atoms with Gasteiger partial charge in [-0.1, -0.05) is 53.4 Å². The molecule has 44 heavy (non-hydrogen) atoms. The zero-order valence-electron chi connectivity index (χ0n) is 29.9. The van der Waals surface area contributed by atoms with E-state index in [0.717, 1.165) is 19.3 Å². The Labute approximate surface area is 267 Å². The van der Waals surface area contributed by atoms with Crippen molar-refractivity contribution in [3.63, 3.8) is 0 Å². The lowest BCUT2D eigenvalue weighted by Crippen LogP contribution is -2.70. The summed E-state index contributed by atoms with van der Waals surface area (Å²) in [6, 6.07) is 0. The third-order valence-corrected chi connectivity index (χ3v) is 10.6. The number of likely N-dealkylation sites (tertiary alicyclic amines) is 2. The number of amides is 2. The van der Waals surface area contributed by atoms with Crippen molar-refractivity contribution in [2.75, 3.05) is 0 Å². The normalized spacial score (nSPS) is 22.0. The van der Waals surface area contributed by atoms with Gasteiger partial charge in [0, 0.05) is 51.3 Å². The van der Waals surface area contributed by atoms with E-state index in [1.165, 1.54) is 0 Å². The standard InChI is InChI=1S/C36H64N2O6/c1-24(2)29(41)37-32(5,6)20-26(21-33(37,7)8)36(31(43)44,19-17-15-13-14-16-18-28(39)40)27-22-34(9,10)38(30(42)25(3)4)35(11,12)23-27/h24-27H,13-23H2,1-12H3,(H,39,40)(H,43,44)/p-2. The molecule has 0 N–H and O–H groups in total. The van der Waals surface area contributed by atoms with Crippen LogP contribution in [0.25, 0.3) is 0 Å². The van der Waals surface area contributed by atoms with Crippen LogP contribution in [0.15, 0.2) is 0 Å². The third kappa shape index (κ3) is 7.99. The molecule has 2 heterocycles. The number of carbonyl (C=O) groups is 4. The van der Waals surface area contributed by atoms with Crippen molar-refractivity contribution in [1.82, 2.24) is 9.80 Å². The Morgan fingerprint density at radius 2 is 0.932 bits per heavy atom. The van der Waals surface area contributed by atoms with Crippen molar-refractivity contribution >= 4 is 23.8 Å². The van der Waals surface area contributed by atoms with Crippen LogP contribution in [0, 0.1) is 29.1 Å². The lowest BCUT2D eigenvalue weighted by Gasteiger charge is -2.64. The first-order valence-corrected chi connectivity index (χ1v) is 17.0.